The fourth-order valence-corrected chi connectivity index (χ4v) is 14.0. The van der Waals surface area contributed by atoms with Gasteiger partial charge in [0, 0.05) is 38.0 Å². The van der Waals surface area contributed by atoms with Gasteiger partial charge in [-0.05, 0) is 125 Å². The lowest BCUT2D eigenvalue weighted by Crippen LogP contribution is -2.59. The summed E-state index contributed by atoms with van der Waals surface area (Å²) in [4.78, 5) is 44.4. The molecule has 10 heteroatoms. The molecule has 10 atom stereocenters. The van der Waals surface area contributed by atoms with Crippen molar-refractivity contribution in [2.45, 2.75) is 202 Å². The molecule has 0 aromatic rings. The highest BCUT2D eigenvalue weighted by Gasteiger charge is 2.65. The molecule has 0 unspecified atom stereocenters. The Kier molecular flexibility index (Phi) is 21.7. The average molecular weight is 882 g/mol. The zero-order valence-electron chi connectivity index (χ0n) is 38.5. The SMILES string of the molecule is CCCCCCCCN(CCCCCCCC)C(=O)CC[C@@H](C)[C@H]1CC[C@H]2[C@@H]3CC[C@@H]4C[C@H](OC(=O)CCl)CC[C@]4(C)[C@H]3C[C@H](OC(=O)CSC(=S)N(CC)CC)[C@]12C. The molecule has 4 aliphatic rings. The highest BCUT2D eigenvalue weighted by molar-refractivity contribution is 8.23. The molecule has 0 N–H and O–H groups in total. The summed E-state index contributed by atoms with van der Waals surface area (Å²) in [6.07, 6.45) is 24.5. The van der Waals surface area contributed by atoms with Crippen LogP contribution in [0.4, 0.5) is 0 Å². The van der Waals surface area contributed by atoms with Crippen LogP contribution in [-0.2, 0) is 23.9 Å². The molecule has 4 rings (SSSR count). The number of fused-ring (bicyclic) bond motifs is 5. The topological polar surface area (TPSA) is 76.1 Å². The van der Waals surface area contributed by atoms with Gasteiger partial charge in [-0.1, -0.05) is 123 Å². The number of thiocarbonyl (C=S) groups is 1. The van der Waals surface area contributed by atoms with Gasteiger partial charge < -0.3 is 19.3 Å². The van der Waals surface area contributed by atoms with E-state index in [4.69, 9.17) is 33.3 Å². The molecule has 340 valence electrons. The van der Waals surface area contributed by atoms with Crippen molar-refractivity contribution < 1.29 is 23.9 Å². The van der Waals surface area contributed by atoms with Crippen molar-refractivity contribution in [1.29, 1.82) is 0 Å². The van der Waals surface area contributed by atoms with Crippen molar-refractivity contribution >= 4 is 57.7 Å². The maximum Gasteiger partial charge on any atom is 0.321 e. The van der Waals surface area contributed by atoms with Gasteiger partial charge in [0.2, 0.25) is 5.91 Å². The van der Waals surface area contributed by atoms with E-state index < -0.39 is 0 Å². The number of esters is 2. The summed E-state index contributed by atoms with van der Waals surface area (Å²) < 4.78 is 13.3. The molecular weight excluding hydrogens is 796 g/mol. The fourth-order valence-electron chi connectivity index (χ4n) is 12.7. The van der Waals surface area contributed by atoms with Crippen molar-refractivity contribution in [2.24, 2.45) is 46.3 Å². The van der Waals surface area contributed by atoms with Crippen LogP contribution in [0.3, 0.4) is 0 Å². The molecule has 0 bridgehead atoms. The molecule has 4 fully saturated rings. The Hall–Kier alpha value is -1.06. The van der Waals surface area contributed by atoms with E-state index in [1.807, 2.05) is 0 Å². The summed E-state index contributed by atoms with van der Waals surface area (Å²) in [6, 6.07) is 0. The Labute approximate surface area is 375 Å². The van der Waals surface area contributed by atoms with E-state index in [-0.39, 0.29) is 46.6 Å². The first-order valence-corrected chi connectivity index (χ1v) is 26.4. The van der Waals surface area contributed by atoms with Gasteiger partial charge in [-0.15, -0.1) is 11.6 Å². The normalized spacial score (nSPS) is 30.4. The number of rotatable bonds is 25. The van der Waals surface area contributed by atoms with E-state index in [0.29, 0.717) is 47.8 Å². The quantitative estimate of drug-likeness (QED) is 0.0388. The van der Waals surface area contributed by atoms with E-state index in [0.717, 1.165) is 94.7 Å². The van der Waals surface area contributed by atoms with Gasteiger partial charge in [-0.2, -0.15) is 0 Å². The monoisotopic (exact) mass is 881 g/mol. The lowest BCUT2D eigenvalue weighted by molar-refractivity contribution is -0.197. The zero-order valence-corrected chi connectivity index (χ0v) is 40.9. The highest BCUT2D eigenvalue weighted by atomic mass is 35.5. The van der Waals surface area contributed by atoms with Gasteiger partial charge in [-0.3, -0.25) is 14.4 Å². The standard InChI is InChI=1S/C49H85ClN2O5S2/c1-8-12-14-16-18-20-30-52(31-21-19-17-15-13-9-2)44(53)27-22-36(5)40-25-26-41-39-24-23-37-32-38(56-45(54)34-50)28-29-48(37,6)42(39)33-43(49(40,41)7)57-46(55)35-59-47(58)51(10-3)11-4/h36-43H,8-35H2,1-7H3/t36-,37-,38-,39+,40-,41+,42+,43+,48+,49-/m1/s1. The van der Waals surface area contributed by atoms with E-state index >= 15 is 0 Å². The summed E-state index contributed by atoms with van der Waals surface area (Å²) in [5, 5.41) is 0. The van der Waals surface area contributed by atoms with Gasteiger partial charge >= 0.3 is 11.9 Å². The van der Waals surface area contributed by atoms with Crippen LogP contribution in [0, 0.1) is 46.3 Å². The number of hydrogen-bond acceptors (Lipinski definition) is 7. The highest BCUT2D eigenvalue weighted by Crippen LogP contribution is 2.69. The number of alkyl halides is 1. The third-order valence-corrected chi connectivity index (χ3v) is 17.9. The number of halogens is 1. The number of carbonyl (C=O) groups excluding carboxylic acids is 3. The molecule has 0 heterocycles. The molecule has 4 aliphatic carbocycles. The number of amides is 1. The van der Waals surface area contributed by atoms with Crippen molar-refractivity contribution in [2.75, 3.05) is 37.8 Å². The molecule has 4 saturated carbocycles. The minimum Gasteiger partial charge on any atom is -0.461 e. The Morgan fingerprint density at radius 2 is 1.39 bits per heavy atom. The van der Waals surface area contributed by atoms with Gasteiger partial charge in [0.15, 0.2) is 0 Å². The van der Waals surface area contributed by atoms with Crippen molar-refractivity contribution in [3.63, 3.8) is 0 Å². The van der Waals surface area contributed by atoms with Crippen molar-refractivity contribution in [3.8, 4) is 0 Å². The summed E-state index contributed by atoms with van der Waals surface area (Å²) >= 11 is 13.0. The zero-order chi connectivity index (χ0) is 43.0. The maximum atomic E-state index is 14.0. The van der Waals surface area contributed by atoms with Gasteiger partial charge in [0.25, 0.3) is 0 Å². The molecule has 0 aliphatic heterocycles. The maximum absolute atomic E-state index is 14.0. The van der Waals surface area contributed by atoms with Gasteiger partial charge in [-0.25, -0.2) is 0 Å². The lowest BCUT2D eigenvalue weighted by Gasteiger charge is -2.62. The third kappa shape index (κ3) is 13.5. The number of nitrogens with zero attached hydrogens (tertiary/aromatic N) is 2. The van der Waals surface area contributed by atoms with Crippen molar-refractivity contribution in [3.05, 3.63) is 0 Å². The first kappa shape index (κ1) is 50.6. The van der Waals surface area contributed by atoms with Crippen molar-refractivity contribution in [1.82, 2.24) is 9.80 Å². The summed E-state index contributed by atoms with van der Waals surface area (Å²) in [5.41, 5.74) is -0.0281. The Morgan fingerprint density at radius 3 is 2.00 bits per heavy atom. The Bertz CT molecular complexity index is 1300. The van der Waals surface area contributed by atoms with E-state index in [9.17, 15) is 14.4 Å². The summed E-state index contributed by atoms with van der Waals surface area (Å²) in [5.74, 6) is 2.76. The largest absolute Gasteiger partial charge is 0.461 e. The predicted molar refractivity (Wildman–Crippen MR) is 251 cm³/mol. The molecule has 0 radical (unpaired) electrons. The van der Waals surface area contributed by atoms with Crippen LogP contribution in [0.2, 0.25) is 0 Å². The predicted octanol–water partition coefficient (Wildman–Crippen LogP) is 12.6. The third-order valence-electron chi connectivity index (χ3n) is 16.2. The second kappa shape index (κ2) is 25.3. The van der Waals surface area contributed by atoms with Crippen LogP contribution in [-0.4, -0.2) is 82.0 Å². The Morgan fingerprint density at radius 1 is 0.763 bits per heavy atom. The molecular formula is C49H85ClN2O5S2. The molecule has 59 heavy (non-hydrogen) atoms. The summed E-state index contributed by atoms with van der Waals surface area (Å²) in [6.45, 7) is 19.5. The van der Waals surface area contributed by atoms with Crippen LogP contribution < -0.4 is 0 Å². The molecule has 7 nitrogen and oxygen atoms in total. The van der Waals surface area contributed by atoms with Crippen LogP contribution in [0.25, 0.3) is 0 Å². The number of unbranched alkanes of at least 4 members (excludes halogenated alkanes) is 10. The number of ether oxygens (including phenoxy) is 2. The number of thioether (sulfide) groups is 1. The van der Waals surface area contributed by atoms with E-state index in [1.165, 1.54) is 82.4 Å². The van der Waals surface area contributed by atoms with Crippen LogP contribution in [0.1, 0.15) is 190 Å². The minimum absolute atomic E-state index is 0.0584. The first-order chi connectivity index (χ1) is 28.4. The molecule has 0 aromatic carbocycles. The lowest BCUT2D eigenvalue weighted by atomic mass is 9.43. The first-order valence-electron chi connectivity index (χ1n) is 24.5. The second-order valence-electron chi connectivity index (χ2n) is 19.6. The van der Waals surface area contributed by atoms with Crippen LogP contribution in [0.5, 0.6) is 0 Å². The minimum atomic E-state index is -0.316. The fraction of sp³-hybridized carbons (Fsp3) is 0.918. The molecule has 0 saturated heterocycles. The number of carbonyl (C=O) groups is 3. The molecule has 1 amide bonds. The Balaban J connectivity index is 1.49. The van der Waals surface area contributed by atoms with Crippen LogP contribution in [0.15, 0.2) is 0 Å². The van der Waals surface area contributed by atoms with Crippen LogP contribution >= 0.6 is 35.6 Å². The average Bonchev–Trinajstić information content (AvgIpc) is 3.59. The van der Waals surface area contributed by atoms with E-state index in [1.54, 1.807) is 0 Å². The van der Waals surface area contributed by atoms with Gasteiger partial charge in [0.05, 0.1) is 5.75 Å². The second-order valence-corrected chi connectivity index (χ2v) is 21.5. The molecule has 0 spiro atoms. The molecule has 0 aromatic heterocycles. The summed E-state index contributed by atoms with van der Waals surface area (Å²) in [7, 11) is 0. The van der Waals surface area contributed by atoms with Gasteiger partial charge in [0.1, 0.15) is 22.4 Å². The van der Waals surface area contributed by atoms with E-state index in [2.05, 4.69) is 58.3 Å². The smallest absolute Gasteiger partial charge is 0.321 e. The number of hydrogen-bond donors (Lipinski definition) is 0.